The van der Waals surface area contributed by atoms with Crippen LogP contribution in [0.5, 0.6) is 0 Å². The van der Waals surface area contributed by atoms with Gasteiger partial charge in [0, 0.05) is 17.8 Å². The van der Waals surface area contributed by atoms with Gasteiger partial charge in [0.1, 0.15) is 5.76 Å². The molecule has 0 saturated carbocycles. The molecule has 0 aromatic carbocycles. The number of oxazole rings is 1. The Balaban J connectivity index is 2.72. The standard InChI is InChI=1S/C12H19ClN2O2/c1-8-9(7-10(16)14-6-5-13)17-11(15-8)12(2,3)4/h5-7H2,1-4H3,(H,14,16). The van der Waals surface area contributed by atoms with E-state index in [0.29, 0.717) is 24.1 Å². The van der Waals surface area contributed by atoms with Crippen LogP contribution in [-0.4, -0.2) is 23.3 Å². The number of aromatic nitrogens is 1. The summed E-state index contributed by atoms with van der Waals surface area (Å²) in [5.41, 5.74) is 0.631. The van der Waals surface area contributed by atoms with Crippen LogP contribution >= 0.6 is 11.6 Å². The molecule has 1 N–H and O–H groups in total. The Hall–Kier alpha value is -1.03. The molecule has 96 valence electrons. The van der Waals surface area contributed by atoms with E-state index in [-0.39, 0.29) is 17.7 Å². The molecule has 0 atom stereocenters. The van der Waals surface area contributed by atoms with Crippen LogP contribution < -0.4 is 5.32 Å². The summed E-state index contributed by atoms with van der Waals surface area (Å²) in [5, 5.41) is 2.70. The van der Waals surface area contributed by atoms with Gasteiger partial charge in [0.15, 0.2) is 5.89 Å². The van der Waals surface area contributed by atoms with Crippen LogP contribution in [0, 0.1) is 6.92 Å². The highest BCUT2D eigenvalue weighted by molar-refractivity contribution is 6.18. The van der Waals surface area contributed by atoms with E-state index in [2.05, 4.69) is 10.3 Å². The van der Waals surface area contributed by atoms with Gasteiger partial charge in [-0.3, -0.25) is 4.79 Å². The van der Waals surface area contributed by atoms with Gasteiger partial charge in [-0.25, -0.2) is 4.98 Å². The summed E-state index contributed by atoms with van der Waals surface area (Å²) in [6.07, 6.45) is 0.214. The molecule has 0 aliphatic rings. The lowest BCUT2D eigenvalue weighted by Crippen LogP contribution is -2.26. The van der Waals surface area contributed by atoms with Gasteiger partial charge in [0.2, 0.25) is 5.91 Å². The van der Waals surface area contributed by atoms with Crippen LogP contribution in [0.1, 0.15) is 38.1 Å². The molecule has 0 aliphatic heterocycles. The summed E-state index contributed by atoms with van der Waals surface area (Å²) in [7, 11) is 0. The highest BCUT2D eigenvalue weighted by atomic mass is 35.5. The molecule has 0 fully saturated rings. The zero-order valence-electron chi connectivity index (χ0n) is 10.8. The van der Waals surface area contributed by atoms with Gasteiger partial charge >= 0.3 is 0 Å². The van der Waals surface area contributed by atoms with Gasteiger partial charge in [0.25, 0.3) is 0 Å². The summed E-state index contributed by atoms with van der Waals surface area (Å²) in [5.74, 6) is 1.61. The van der Waals surface area contributed by atoms with E-state index in [1.54, 1.807) is 0 Å². The third-order valence-corrected chi connectivity index (χ3v) is 2.46. The second-order valence-electron chi connectivity index (χ2n) is 4.99. The second kappa shape index (κ2) is 5.54. The Morgan fingerprint density at radius 3 is 2.59 bits per heavy atom. The average molecular weight is 259 g/mol. The molecular formula is C12H19ClN2O2. The van der Waals surface area contributed by atoms with Crippen molar-refractivity contribution in [3.8, 4) is 0 Å². The van der Waals surface area contributed by atoms with E-state index >= 15 is 0 Å². The average Bonchev–Trinajstić information content (AvgIpc) is 2.57. The van der Waals surface area contributed by atoms with Gasteiger partial charge in [-0.1, -0.05) is 20.8 Å². The monoisotopic (exact) mass is 258 g/mol. The van der Waals surface area contributed by atoms with Gasteiger partial charge in [-0.05, 0) is 6.92 Å². The van der Waals surface area contributed by atoms with Crippen molar-refractivity contribution in [3.05, 3.63) is 17.3 Å². The smallest absolute Gasteiger partial charge is 0.227 e. The molecule has 4 nitrogen and oxygen atoms in total. The third-order valence-electron chi connectivity index (χ3n) is 2.27. The molecule has 0 radical (unpaired) electrons. The van der Waals surface area contributed by atoms with Crippen LogP contribution in [0.4, 0.5) is 0 Å². The van der Waals surface area contributed by atoms with Crippen molar-refractivity contribution in [2.24, 2.45) is 0 Å². The summed E-state index contributed by atoms with van der Waals surface area (Å²) in [6.45, 7) is 8.39. The fourth-order valence-corrected chi connectivity index (χ4v) is 1.40. The van der Waals surface area contributed by atoms with Gasteiger partial charge in [0.05, 0.1) is 12.1 Å². The zero-order chi connectivity index (χ0) is 13.1. The molecular weight excluding hydrogens is 240 g/mol. The molecule has 0 spiro atoms. The van der Waals surface area contributed by atoms with Crippen LogP contribution in [-0.2, 0) is 16.6 Å². The number of hydrogen-bond donors (Lipinski definition) is 1. The predicted molar refractivity (Wildman–Crippen MR) is 67.4 cm³/mol. The van der Waals surface area contributed by atoms with E-state index in [4.69, 9.17) is 16.0 Å². The molecule has 0 aliphatic carbocycles. The maximum absolute atomic E-state index is 11.5. The number of aryl methyl sites for hydroxylation is 1. The van der Waals surface area contributed by atoms with Crippen LogP contribution in [0.2, 0.25) is 0 Å². The third kappa shape index (κ3) is 4.04. The minimum atomic E-state index is -0.143. The van der Waals surface area contributed by atoms with Crippen LogP contribution in [0.3, 0.4) is 0 Å². The summed E-state index contributed by atoms with van der Waals surface area (Å²) < 4.78 is 5.62. The molecule has 5 heteroatoms. The highest BCUT2D eigenvalue weighted by Gasteiger charge is 2.23. The first kappa shape index (κ1) is 14.0. The van der Waals surface area contributed by atoms with Crippen molar-refractivity contribution >= 4 is 17.5 Å². The SMILES string of the molecule is Cc1nc(C(C)(C)C)oc1CC(=O)NCCCl. The first-order valence-corrected chi connectivity index (χ1v) is 6.17. The lowest BCUT2D eigenvalue weighted by atomic mass is 9.97. The molecule has 17 heavy (non-hydrogen) atoms. The normalized spacial score (nSPS) is 11.6. The molecule has 0 saturated heterocycles. The Morgan fingerprint density at radius 1 is 1.47 bits per heavy atom. The number of rotatable bonds is 4. The quantitative estimate of drug-likeness (QED) is 0.843. The molecule has 0 bridgehead atoms. The maximum Gasteiger partial charge on any atom is 0.227 e. The fraction of sp³-hybridized carbons (Fsp3) is 0.667. The van der Waals surface area contributed by atoms with Gasteiger partial charge in [-0.2, -0.15) is 0 Å². The van der Waals surface area contributed by atoms with Crippen LogP contribution in [0.25, 0.3) is 0 Å². The van der Waals surface area contributed by atoms with Gasteiger partial charge in [-0.15, -0.1) is 11.6 Å². The van der Waals surface area contributed by atoms with Crippen molar-refractivity contribution in [3.63, 3.8) is 0 Å². The Labute approximate surface area is 107 Å². The Kier molecular flexibility index (Phi) is 4.57. The molecule has 1 amide bonds. The predicted octanol–water partition coefficient (Wildman–Crippen LogP) is 2.18. The molecule has 1 heterocycles. The molecule has 0 unspecified atom stereocenters. The van der Waals surface area contributed by atoms with Crippen molar-refractivity contribution in [1.29, 1.82) is 0 Å². The lowest BCUT2D eigenvalue weighted by molar-refractivity contribution is -0.120. The van der Waals surface area contributed by atoms with Crippen molar-refractivity contribution in [2.75, 3.05) is 12.4 Å². The van der Waals surface area contributed by atoms with E-state index in [1.165, 1.54) is 0 Å². The highest BCUT2D eigenvalue weighted by Crippen LogP contribution is 2.23. The van der Waals surface area contributed by atoms with E-state index < -0.39 is 0 Å². The van der Waals surface area contributed by atoms with Crippen molar-refractivity contribution < 1.29 is 9.21 Å². The number of carbonyl (C=O) groups is 1. The van der Waals surface area contributed by atoms with Crippen LogP contribution in [0.15, 0.2) is 4.42 Å². The Morgan fingerprint density at radius 2 is 2.12 bits per heavy atom. The maximum atomic E-state index is 11.5. The zero-order valence-corrected chi connectivity index (χ0v) is 11.5. The first-order valence-electron chi connectivity index (χ1n) is 5.64. The number of halogens is 1. The number of nitrogens with zero attached hydrogens (tertiary/aromatic N) is 1. The van der Waals surface area contributed by atoms with Gasteiger partial charge < -0.3 is 9.73 Å². The summed E-state index contributed by atoms with van der Waals surface area (Å²) in [6, 6.07) is 0. The van der Waals surface area contributed by atoms with Crippen molar-refractivity contribution in [1.82, 2.24) is 10.3 Å². The topological polar surface area (TPSA) is 55.1 Å². The number of alkyl halides is 1. The Bertz CT molecular complexity index is 394. The lowest BCUT2D eigenvalue weighted by Gasteiger charge is -2.12. The van der Waals surface area contributed by atoms with E-state index in [1.807, 2.05) is 27.7 Å². The molecule has 1 aromatic rings. The van der Waals surface area contributed by atoms with E-state index in [9.17, 15) is 4.79 Å². The minimum absolute atomic E-state index is 0.0923. The largest absolute Gasteiger partial charge is 0.444 e. The number of nitrogens with one attached hydrogen (secondary N) is 1. The number of amides is 1. The number of hydrogen-bond acceptors (Lipinski definition) is 3. The minimum Gasteiger partial charge on any atom is -0.444 e. The summed E-state index contributed by atoms with van der Waals surface area (Å²) >= 11 is 5.49. The summed E-state index contributed by atoms with van der Waals surface area (Å²) in [4.78, 5) is 15.9. The number of carbonyl (C=O) groups excluding carboxylic acids is 1. The molecule has 1 aromatic heterocycles. The molecule has 1 rings (SSSR count). The fourth-order valence-electron chi connectivity index (χ4n) is 1.31. The van der Waals surface area contributed by atoms with E-state index in [0.717, 1.165) is 5.69 Å². The first-order chi connectivity index (χ1) is 7.84. The second-order valence-corrected chi connectivity index (χ2v) is 5.37. The van der Waals surface area contributed by atoms with Crippen molar-refractivity contribution in [2.45, 2.75) is 39.5 Å².